The molecule has 4 aromatic rings. The molecule has 2 aromatic carbocycles. The number of fused-ring (bicyclic) bond motifs is 1. The highest BCUT2D eigenvalue weighted by Crippen LogP contribution is 2.39. The number of nitrogens with two attached hydrogens (primary N) is 1. The van der Waals surface area contributed by atoms with Crippen LogP contribution in [0.25, 0.3) is 16.6 Å². The number of carbonyl (C=O) groups excluding carboxylic acids is 1. The summed E-state index contributed by atoms with van der Waals surface area (Å²) in [7, 11) is 1.62. The van der Waals surface area contributed by atoms with E-state index >= 15 is 0 Å². The number of aromatic nitrogens is 3. The Kier molecular flexibility index (Phi) is 7.13. The van der Waals surface area contributed by atoms with E-state index in [9.17, 15) is 22.4 Å². The van der Waals surface area contributed by atoms with E-state index in [2.05, 4.69) is 20.8 Å². The first-order valence-electron chi connectivity index (χ1n) is 12.3. The zero-order valence-corrected chi connectivity index (χ0v) is 21.0. The second kappa shape index (κ2) is 10.5. The molecule has 5 rings (SSSR count). The number of carbonyl (C=O) groups is 1. The summed E-state index contributed by atoms with van der Waals surface area (Å²) >= 11 is 0. The van der Waals surface area contributed by atoms with Crippen molar-refractivity contribution >= 4 is 28.7 Å². The highest BCUT2D eigenvalue weighted by atomic mass is 19.4. The number of ether oxygens (including phenoxy) is 1. The summed E-state index contributed by atoms with van der Waals surface area (Å²) in [5, 5.41) is 12.7. The van der Waals surface area contributed by atoms with E-state index in [1.807, 2.05) is 4.40 Å². The molecule has 0 spiro atoms. The fraction of sp³-hybridized carbons (Fsp3) is 0.296. The molecule has 0 aliphatic heterocycles. The maximum Gasteiger partial charge on any atom is 0.416 e. The molecule has 2 heterocycles. The van der Waals surface area contributed by atoms with Crippen LogP contribution in [0.15, 0.2) is 48.8 Å². The minimum absolute atomic E-state index is 0.271. The summed E-state index contributed by atoms with van der Waals surface area (Å²) in [4.78, 5) is 12.4. The Balaban J connectivity index is 1.41. The first-order valence-corrected chi connectivity index (χ1v) is 12.3. The lowest BCUT2D eigenvalue weighted by atomic mass is 9.99. The highest BCUT2D eigenvalue weighted by Gasteiger charge is 2.31. The van der Waals surface area contributed by atoms with Crippen LogP contribution in [0.2, 0.25) is 0 Å². The molecular formula is C27H26F4N6O2. The number of anilines is 3. The summed E-state index contributed by atoms with van der Waals surface area (Å²) in [6.45, 7) is 0.349. The van der Waals surface area contributed by atoms with Crippen LogP contribution in [0.4, 0.5) is 39.5 Å². The molecular weight excluding hydrogens is 516 g/mol. The van der Waals surface area contributed by atoms with Crippen molar-refractivity contribution in [3.05, 3.63) is 71.4 Å². The molecule has 39 heavy (non-hydrogen) atoms. The standard InChI is InChI=1S/C27H26F4N6O2/c1-39-13-19-22(11-4-15-2-3-15)37-14-33-36-25(32)24(37)23(19)16-5-8-18(9-6-16)34-26(38)35-21-12-17(27(29,30)31)7-10-20(21)28/h5-10,12,14-15H,2-4,11,13H2,1H3,(H2,32,36)(H2,34,35,38). The monoisotopic (exact) mass is 542 g/mol. The fourth-order valence-corrected chi connectivity index (χ4v) is 4.69. The SMILES string of the molecule is COCc1c(-c2ccc(NC(=O)Nc3cc(C(F)(F)F)ccc3F)cc2)c2c(N)nncn2c1CCC1CC1. The molecule has 4 N–H and O–H groups in total. The molecule has 1 fully saturated rings. The van der Waals surface area contributed by atoms with Crippen LogP contribution in [0, 0.1) is 11.7 Å². The average Bonchev–Trinajstić information content (AvgIpc) is 3.66. The van der Waals surface area contributed by atoms with E-state index in [-0.39, 0.29) is 5.82 Å². The zero-order chi connectivity index (χ0) is 27.7. The summed E-state index contributed by atoms with van der Waals surface area (Å²) in [5.74, 6) is 0.00704. The molecule has 1 aliphatic rings. The number of amides is 2. The third kappa shape index (κ3) is 5.65. The van der Waals surface area contributed by atoms with Crippen LogP contribution in [-0.2, 0) is 23.9 Å². The summed E-state index contributed by atoms with van der Waals surface area (Å²) < 4.78 is 60.4. The van der Waals surface area contributed by atoms with Crippen LogP contribution >= 0.6 is 0 Å². The van der Waals surface area contributed by atoms with Gasteiger partial charge in [-0.25, -0.2) is 9.18 Å². The lowest BCUT2D eigenvalue weighted by Crippen LogP contribution is -2.20. The van der Waals surface area contributed by atoms with E-state index < -0.39 is 29.3 Å². The van der Waals surface area contributed by atoms with Gasteiger partial charge in [0.2, 0.25) is 0 Å². The van der Waals surface area contributed by atoms with E-state index in [1.165, 1.54) is 12.8 Å². The molecule has 8 nitrogen and oxygen atoms in total. The quantitative estimate of drug-likeness (QED) is 0.228. The van der Waals surface area contributed by atoms with Crippen LogP contribution in [-0.4, -0.2) is 27.7 Å². The fourth-order valence-electron chi connectivity index (χ4n) is 4.69. The van der Waals surface area contributed by atoms with Gasteiger partial charge in [-0.1, -0.05) is 25.0 Å². The number of methoxy groups -OCH3 is 1. The summed E-state index contributed by atoms with van der Waals surface area (Å²) in [6.07, 6.45) is 1.33. The largest absolute Gasteiger partial charge is 0.416 e. The minimum atomic E-state index is -4.67. The number of alkyl halides is 3. The molecule has 204 valence electrons. The first-order chi connectivity index (χ1) is 18.7. The molecule has 12 heteroatoms. The van der Waals surface area contributed by atoms with Gasteiger partial charge in [-0.15, -0.1) is 10.2 Å². The van der Waals surface area contributed by atoms with Gasteiger partial charge >= 0.3 is 12.2 Å². The van der Waals surface area contributed by atoms with Crippen molar-refractivity contribution < 1.29 is 27.1 Å². The first kappa shape index (κ1) is 26.4. The lowest BCUT2D eigenvalue weighted by Gasteiger charge is -2.12. The maximum atomic E-state index is 14.0. The molecule has 1 aliphatic carbocycles. The lowest BCUT2D eigenvalue weighted by molar-refractivity contribution is -0.137. The van der Waals surface area contributed by atoms with Crippen LogP contribution in [0.3, 0.4) is 0 Å². The minimum Gasteiger partial charge on any atom is -0.380 e. The number of nitrogens with zero attached hydrogens (tertiary/aromatic N) is 3. The van der Waals surface area contributed by atoms with E-state index in [0.717, 1.165) is 41.1 Å². The Morgan fingerprint density at radius 1 is 1.15 bits per heavy atom. The van der Waals surface area contributed by atoms with Gasteiger partial charge < -0.3 is 21.1 Å². The second-order valence-corrected chi connectivity index (χ2v) is 9.50. The van der Waals surface area contributed by atoms with Crippen LogP contribution in [0.5, 0.6) is 0 Å². The van der Waals surface area contributed by atoms with Gasteiger partial charge in [-0.2, -0.15) is 13.2 Å². The van der Waals surface area contributed by atoms with Gasteiger partial charge in [0.15, 0.2) is 5.82 Å². The van der Waals surface area contributed by atoms with Crippen molar-refractivity contribution in [2.24, 2.45) is 5.92 Å². The van der Waals surface area contributed by atoms with Crippen molar-refractivity contribution in [2.75, 3.05) is 23.5 Å². The number of halogens is 4. The predicted octanol–water partition coefficient (Wildman–Crippen LogP) is 6.27. The number of benzene rings is 2. The number of nitrogen functional groups attached to an aromatic ring is 1. The molecule has 1 saturated carbocycles. The summed E-state index contributed by atoms with van der Waals surface area (Å²) in [6, 6.07) is 7.73. The van der Waals surface area contributed by atoms with Gasteiger partial charge in [-0.05, 0) is 54.7 Å². The topological polar surface area (TPSA) is 107 Å². The second-order valence-electron chi connectivity index (χ2n) is 9.50. The van der Waals surface area contributed by atoms with Crippen molar-refractivity contribution in [1.29, 1.82) is 0 Å². The normalized spacial score (nSPS) is 13.6. The number of hydrogen-bond donors (Lipinski definition) is 3. The Hall–Kier alpha value is -4.19. The van der Waals surface area contributed by atoms with Gasteiger partial charge in [0.25, 0.3) is 0 Å². The number of aryl methyl sites for hydroxylation is 1. The van der Waals surface area contributed by atoms with Crippen molar-refractivity contribution in [2.45, 2.75) is 38.5 Å². The molecule has 2 amide bonds. The third-order valence-corrected chi connectivity index (χ3v) is 6.74. The third-order valence-electron chi connectivity index (χ3n) is 6.74. The van der Waals surface area contributed by atoms with Crippen molar-refractivity contribution in [3.63, 3.8) is 0 Å². The smallest absolute Gasteiger partial charge is 0.380 e. The van der Waals surface area contributed by atoms with E-state index in [0.29, 0.717) is 36.0 Å². The number of rotatable bonds is 8. The molecule has 2 aromatic heterocycles. The zero-order valence-electron chi connectivity index (χ0n) is 21.0. The summed E-state index contributed by atoms with van der Waals surface area (Å²) in [5.41, 5.74) is 9.33. The van der Waals surface area contributed by atoms with Gasteiger partial charge in [0.1, 0.15) is 12.1 Å². The Labute approximate surface area is 221 Å². The maximum absolute atomic E-state index is 14.0. The Bertz CT molecular complexity index is 1510. The van der Waals surface area contributed by atoms with Crippen molar-refractivity contribution in [3.8, 4) is 11.1 Å². The molecule has 0 bridgehead atoms. The predicted molar refractivity (Wildman–Crippen MR) is 139 cm³/mol. The Morgan fingerprint density at radius 3 is 2.56 bits per heavy atom. The van der Waals surface area contributed by atoms with Gasteiger partial charge in [-0.3, -0.25) is 4.40 Å². The Morgan fingerprint density at radius 2 is 1.90 bits per heavy atom. The van der Waals surface area contributed by atoms with E-state index in [4.69, 9.17) is 10.5 Å². The van der Waals surface area contributed by atoms with E-state index in [1.54, 1.807) is 37.7 Å². The van der Waals surface area contributed by atoms with Gasteiger partial charge in [0, 0.05) is 29.6 Å². The number of urea groups is 1. The van der Waals surface area contributed by atoms with Gasteiger partial charge in [0.05, 0.1) is 23.4 Å². The number of nitrogens with one attached hydrogen (secondary N) is 2. The van der Waals surface area contributed by atoms with Crippen LogP contribution < -0.4 is 16.4 Å². The number of hydrogen-bond acceptors (Lipinski definition) is 5. The van der Waals surface area contributed by atoms with Crippen molar-refractivity contribution in [1.82, 2.24) is 14.6 Å². The molecule has 0 unspecified atom stereocenters. The molecule has 0 saturated heterocycles. The highest BCUT2D eigenvalue weighted by molar-refractivity contribution is 6.00. The van der Waals surface area contributed by atoms with Crippen LogP contribution in [0.1, 0.15) is 36.1 Å². The molecule has 0 radical (unpaired) electrons. The molecule has 0 atom stereocenters. The average molecular weight is 543 g/mol.